The Bertz CT molecular complexity index is 1020. The molecule has 184 valence electrons. The van der Waals surface area contributed by atoms with E-state index in [0.717, 1.165) is 35.2 Å². The van der Waals surface area contributed by atoms with Gasteiger partial charge in [0.05, 0.1) is 11.6 Å². The summed E-state index contributed by atoms with van der Waals surface area (Å²) in [6.45, 7) is 0.283. The second-order valence-electron chi connectivity index (χ2n) is 9.88. The van der Waals surface area contributed by atoms with Gasteiger partial charge in [-0.25, -0.2) is 0 Å². The third-order valence-electron chi connectivity index (χ3n) is 7.09. The molecule has 1 aliphatic rings. The number of phenols is 1. The number of nitrogens with one attached hydrogen (secondary N) is 1. The average molecular weight is 467 g/mol. The lowest BCUT2D eigenvalue weighted by molar-refractivity contribution is -0.121. The van der Waals surface area contributed by atoms with E-state index in [1.54, 1.807) is 12.1 Å². The molecule has 1 unspecified atom stereocenters. The number of carbonyl (C=O) groups is 1. The Morgan fingerprint density at radius 2 is 2.00 bits per heavy atom. The number of rotatable bonds is 13. The number of aliphatic hydroxyl groups is 1. The zero-order chi connectivity index (χ0) is 23.8. The van der Waals surface area contributed by atoms with Gasteiger partial charge in [0.1, 0.15) is 5.78 Å². The highest BCUT2D eigenvalue weighted by atomic mass is 16.5. The van der Waals surface area contributed by atoms with Crippen molar-refractivity contribution in [2.75, 3.05) is 0 Å². The second kappa shape index (κ2) is 12.1. The average Bonchev–Trinajstić information content (AvgIpc) is 3.43. The van der Waals surface area contributed by atoms with E-state index in [1.165, 1.54) is 38.5 Å². The van der Waals surface area contributed by atoms with E-state index < -0.39 is 6.10 Å². The maximum Gasteiger partial charge on any atom is 0.165 e. The molecule has 0 spiro atoms. The van der Waals surface area contributed by atoms with Crippen molar-refractivity contribution in [1.82, 2.24) is 9.55 Å². The number of Topliss-reactive ketones (excluding diaryl/α,β-unsaturated/α-hetero) is 1. The summed E-state index contributed by atoms with van der Waals surface area (Å²) >= 11 is 0. The lowest BCUT2D eigenvalue weighted by Crippen LogP contribution is -2.14. The first-order valence-electron chi connectivity index (χ1n) is 12.8. The van der Waals surface area contributed by atoms with Crippen LogP contribution in [0, 0.1) is 5.92 Å². The molecule has 1 aromatic carbocycles. The number of unbranched alkanes of at least 4 members (excludes halogenated alkanes) is 1. The van der Waals surface area contributed by atoms with Gasteiger partial charge in [-0.2, -0.15) is 0 Å². The van der Waals surface area contributed by atoms with Crippen molar-refractivity contribution in [3.8, 4) is 11.5 Å². The lowest BCUT2D eigenvalue weighted by Gasteiger charge is -2.21. The molecule has 2 aromatic heterocycles. The molecule has 1 aliphatic carbocycles. The van der Waals surface area contributed by atoms with Crippen molar-refractivity contribution in [2.45, 2.75) is 89.9 Å². The second-order valence-corrected chi connectivity index (χ2v) is 9.88. The molecule has 2 heterocycles. The molecule has 0 saturated heterocycles. The van der Waals surface area contributed by atoms with E-state index in [0.29, 0.717) is 25.0 Å². The zero-order valence-corrected chi connectivity index (χ0v) is 20.0. The number of carbonyl (C=O) groups excluding carboxylic acids is 1. The summed E-state index contributed by atoms with van der Waals surface area (Å²) < 4.78 is 7.72. The van der Waals surface area contributed by atoms with Crippen LogP contribution in [0.15, 0.2) is 42.9 Å². The van der Waals surface area contributed by atoms with Crippen LogP contribution >= 0.6 is 0 Å². The van der Waals surface area contributed by atoms with E-state index in [4.69, 9.17) is 4.74 Å². The van der Waals surface area contributed by atoms with E-state index >= 15 is 0 Å². The Balaban J connectivity index is 1.16. The van der Waals surface area contributed by atoms with Crippen LogP contribution < -0.4 is 4.74 Å². The molecule has 1 atom stereocenters. The summed E-state index contributed by atoms with van der Waals surface area (Å²) in [6.07, 6.45) is 17.5. The largest absolute Gasteiger partial charge is 0.504 e. The van der Waals surface area contributed by atoms with Gasteiger partial charge >= 0.3 is 0 Å². The van der Waals surface area contributed by atoms with Crippen LogP contribution in [0.4, 0.5) is 0 Å². The number of ketones is 1. The molecule has 1 fully saturated rings. The summed E-state index contributed by atoms with van der Waals surface area (Å²) in [4.78, 5) is 15.5. The highest BCUT2D eigenvalue weighted by Gasteiger charge is 2.15. The van der Waals surface area contributed by atoms with Crippen LogP contribution in [0.1, 0.15) is 76.2 Å². The maximum atomic E-state index is 12.4. The highest BCUT2D eigenvalue weighted by molar-refractivity contribution is 5.79. The first kappa shape index (κ1) is 24.4. The van der Waals surface area contributed by atoms with Crippen LogP contribution in [-0.2, 0) is 17.9 Å². The predicted octanol–water partition coefficient (Wildman–Crippen LogP) is 6.10. The molecule has 4 rings (SSSR count). The Labute approximate surface area is 201 Å². The fourth-order valence-corrected chi connectivity index (χ4v) is 5.09. The Hall–Kier alpha value is -2.73. The van der Waals surface area contributed by atoms with Crippen LogP contribution in [0.3, 0.4) is 0 Å². The van der Waals surface area contributed by atoms with Crippen molar-refractivity contribution in [3.05, 3.63) is 48.4 Å². The third-order valence-corrected chi connectivity index (χ3v) is 7.09. The van der Waals surface area contributed by atoms with Crippen molar-refractivity contribution >= 4 is 16.7 Å². The van der Waals surface area contributed by atoms with Crippen LogP contribution in [0.25, 0.3) is 10.9 Å². The number of aromatic nitrogens is 2. The number of aromatic amines is 1. The fraction of sp³-hybridized carbons (Fsp3) is 0.536. The smallest absolute Gasteiger partial charge is 0.165 e. The van der Waals surface area contributed by atoms with Crippen molar-refractivity contribution in [1.29, 1.82) is 0 Å². The number of hydrogen-bond acceptors (Lipinski definition) is 4. The number of fused-ring (bicyclic) bond motifs is 1. The third kappa shape index (κ3) is 7.13. The number of benzene rings is 1. The van der Waals surface area contributed by atoms with Gasteiger partial charge in [-0.3, -0.25) is 4.79 Å². The number of H-pyrrole nitrogens is 1. The first-order chi connectivity index (χ1) is 16.6. The number of ether oxygens (including phenoxy) is 1. The first-order valence-corrected chi connectivity index (χ1v) is 12.8. The molecule has 6 nitrogen and oxygen atoms in total. The predicted molar refractivity (Wildman–Crippen MR) is 134 cm³/mol. The SMILES string of the molecule is O=C(CCc1ccc(O)c(OCn2cc3cc[nH]c3c2)c1)CC(O)CCCCC1CCCCC1. The standard InChI is InChI=1S/C28H38N2O4/c31-24(9-5-4-8-21-6-2-1-3-7-21)17-25(32)12-10-22-11-13-27(33)28(16-22)34-20-30-18-23-14-15-29-26(23)19-30/h11,13-16,18-19,21,24,29,31,33H,1-10,12,17,20H2. The summed E-state index contributed by atoms with van der Waals surface area (Å²) in [5.74, 6) is 1.44. The van der Waals surface area contributed by atoms with Gasteiger partial charge in [0.25, 0.3) is 0 Å². The van der Waals surface area contributed by atoms with E-state index in [2.05, 4.69) is 4.98 Å². The van der Waals surface area contributed by atoms with E-state index in [9.17, 15) is 15.0 Å². The zero-order valence-electron chi connectivity index (χ0n) is 20.0. The molecular weight excluding hydrogens is 428 g/mol. The molecule has 0 aliphatic heterocycles. The van der Waals surface area contributed by atoms with Crippen LogP contribution in [-0.4, -0.2) is 31.7 Å². The molecule has 1 saturated carbocycles. The number of phenolic OH excluding ortho intramolecular Hbond substituents is 1. The van der Waals surface area contributed by atoms with Crippen molar-refractivity contribution in [3.63, 3.8) is 0 Å². The summed E-state index contributed by atoms with van der Waals surface area (Å²) in [5, 5.41) is 21.5. The van der Waals surface area contributed by atoms with Gasteiger partial charge in [0.2, 0.25) is 0 Å². The highest BCUT2D eigenvalue weighted by Crippen LogP contribution is 2.29. The minimum Gasteiger partial charge on any atom is -0.504 e. The number of nitrogens with zero attached hydrogens (tertiary/aromatic N) is 1. The fourth-order valence-electron chi connectivity index (χ4n) is 5.09. The molecule has 3 aromatic rings. The number of aryl methyl sites for hydroxylation is 1. The maximum absolute atomic E-state index is 12.4. The van der Waals surface area contributed by atoms with Gasteiger partial charge in [0.15, 0.2) is 18.2 Å². The molecule has 6 heteroatoms. The van der Waals surface area contributed by atoms with Gasteiger partial charge in [-0.1, -0.05) is 57.4 Å². The van der Waals surface area contributed by atoms with Gasteiger partial charge in [-0.15, -0.1) is 0 Å². The van der Waals surface area contributed by atoms with Gasteiger partial charge in [-0.05, 0) is 42.5 Å². The summed E-state index contributed by atoms with van der Waals surface area (Å²) in [7, 11) is 0. The number of hydrogen-bond donors (Lipinski definition) is 3. The molecular formula is C28H38N2O4. The number of aromatic hydroxyl groups is 1. The minimum absolute atomic E-state index is 0.0800. The molecule has 3 N–H and O–H groups in total. The topological polar surface area (TPSA) is 87.5 Å². The van der Waals surface area contributed by atoms with Gasteiger partial charge in [0, 0.05) is 36.8 Å². The monoisotopic (exact) mass is 466 g/mol. The summed E-state index contributed by atoms with van der Waals surface area (Å²) in [5.41, 5.74) is 1.97. The van der Waals surface area contributed by atoms with Crippen molar-refractivity contribution in [2.24, 2.45) is 5.92 Å². The quantitative estimate of drug-likeness (QED) is 0.265. The summed E-state index contributed by atoms with van der Waals surface area (Å²) in [6, 6.07) is 7.21. The van der Waals surface area contributed by atoms with Crippen LogP contribution in [0.2, 0.25) is 0 Å². The molecule has 0 radical (unpaired) electrons. The Morgan fingerprint density at radius 3 is 2.82 bits per heavy atom. The van der Waals surface area contributed by atoms with Gasteiger partial charge < -0.3 is 24.5 Å². The lowest BCUT2D eigenvalue weighted by atomic mass is 9.85. The Morgan fingerprint density at radius 1 is 1.15 bits per heavy atom. The van der Waals surface area contributed by atoms with E-state index in [-0.39, 0.29) is 24.7 Å². The Kier molecular flexibility index (Phi) is 8.69. The number of aliphatic hydroxyl groups excluding tert-OH is 1. The van der Waals surface area contributed by atoms with E-state index in [1.807, 2.05) is 35.3 Å². The van der Waals surface area contributed by atoms with Crippen molar-refractivity contribution < 1.29 is 19.7 Å². The molecule has 0 bridgehead atoms. The minimum atomic E-state index is -0.537. The normalized spacial score (nSPS) is 15.6. The van der Waals surface area contributed by atoms with Crippen LogP contribution in [0.5, 0.6) is 11.5 Å². The molecule has 34 heavy (non-hydrogen) atoms. The molecule has 0 amide bonds.